The van der Waals surface area contributed by atoms with Crippen LogP contribution in [0.4, 0.5) is 0 Å². The fraction of sp³-hybridized carbons (Fsp3) is 0.625. The molecule has 0 aliphatic carbocycles. The second-order valence-electron chi connectivity index (χ2n) is 6.00. The van der Waals surface area contributed by atoms with Gasteiger partial charge in [0.1, 0.15) is 0 Å². The topological polar surface area (TPSA) is 12.0 Å². The lowest BCUT2D eigenvalue weighted by molar-refractivity contribution is 0.327. The largest absolute Gasteiger partial charge is 0.312 e. The normalized spacial score (nSPS) is 11.9. The lowest BCUT2D eigenvalue weighted by atomic mass is 9.90. The Morgan fingerprint density at radius 1 is 1.06 bits per heavy atom. The number of rotatable bonds is 5. The maximum Gasteiger partial charge on any atom is 0.0210 e. The van der Waals surface area contributed by atoms with Crippen LogP contribution in [-0.4, -0.2) is 6.54 Å². The van der Waals surface area contributed by atoms with E-state index in [1.165, 1.54) is 28.7 Å². The molecule has 0 unspecified atom stereocenters. The Morgan fingerprint density at radius 3 is 2.06 bits per heavy atom. The van der Waals surface area contributed by atoms with Gasteiger partial charge in [-0.25, -0.2) is 0 Å². The number of nitrogens with one attached hydrogen (secondary N) is 1. The van der Waals surface area contributed by atoms with Crippen molar-refractivity contribution in [3.05, 3.63) is 34.4 Å². The van der Waals surface area contributed by atoms with Crippen molar-refractivity contribution in [2.45, 2.75) is 54.5 Å². The van der Waals surface area contributed by atoms with E-state index in [1.54, 1.807) is 0 Å². The lowest BCUT2D eigenvalue weighted by Gasteiger charge is -2.23. The summed E-state index contributed by atoms with van der Waals surface area (Å²) in [5.74, 6) is 0. The zero-order valence-electron chi connectivity index (χ0n) is 12.3. The van der Waals surface area contributed by atoms with Gasteiger partial charge in [-0.3, -0.25) is 0 Å². The van der Waals surface area contributed by atoms with Gasteiger partial charge in [0.25, 0.3) is 0 Å². The Hall–Kier alpha value is -0.820. The van der Waals surface area contributed by atoms with Crippen LogP contribution >= 0.6 is 0 Å². The first-order valence-electron chi connectivity index (χ1n) is 6.63. The van der Waals surface area contributed by atoms with Gasteiger partial charge < -0.3 is 5.32 Å². The average molecular weight is 233 g/mol. The van der Waals surface area contributed by atoms with Gasteiger partial charge >= 0.3 is 0 Å². The van der Waals surface area contributed by atoms with Gasteiger partial charge in [-0.2, -0.15) is 0 Å². The van der Waals surface area contributed by atoms with E-state index in [-0.39, 0.29) is 0 Å². The van der Waals surface area contributed by atoms with E-state index in [0.717, 1.165) is 13.1 Å². The molecule has 0 radical (unpaired) electrons. The highest BCUT2D eigenvalue weighted by Gasteiger charge is 2.14. The molecule has 96 valence electrons. The molecular weight excluding hydrogens is 206 g/mol. The van der Waals surface area contributed by atoms with Crippen molar-refractivity contribution < 1.29 is 0 Å². The van der Waals surface area contributed by atoms with Crippen LogP contribution in [0, 0.1) is 26.2 Å². The smallest absolute Gasteiger partial charge is 0.0210 e. The molecule has 0 saturated heterocycles. The molecule has 0 bridgehead atoms. The molecular formula is C16H27N. The van der Waals surface area contributed by atoms with Crippen LogP contribution in [0.2, 0.25) is 0 Å². The van der Waals surface area contributed by atoms with Crippen molar-refractivity contribution in [3.8, 4) is 0 Å². The van der Waals surface area contributed by atoms with Crippen molar-refractivity contribution in [3.63, 3.8) is 0 Å². The zero-order valence-corrected chi connectivity index (χ0v) is 12.3. The van der Waals surface area contributed by atoms with Crippen molar-refractivity contribution >= 4 is 0 Å². The molecule has 1 nitrogen and oxygen atoms in total. The Morgan fingerprint density at radius 2 is 1.59 bits per heavy atom. The van der Waals surface area contributed by atoms with Crippen LogP contribution in [-0.2, 0) is 6.54 Å². The Bertz CT molecular complexity index is 354. The van der Waals surface area contributed by atoms with E-state index in [1.807, 2.05) is 0 Å². The standard InChI is InChI=1S/C16H27N/c1-7-16(5,6)11-17-10-15-13(3)8-12(2)9-14(15)4/h8-9,17H,7,10-11H2,1-6H3. The van der Waals surface area contributed by atoms with E-state index in [2.05, 4.69) is 59.0 Å². The van der Waals surface area contributed by atoms with Gasteiger partial charge in [0.2, 0.25) is 0 Å². The molecule has 1 heteroatoms. The highest BCUT2D eigenvalue weighted by Crippen LogP contribution is 2.19. The maximum atomic E-state index is 3.59. The molecule has 0 atom stereocenters. The summed E-state index contributed by atoms with van der Waals surface area (Å²) in [6.45, 7) is 15.5. The van der Waals surface area contributed by atoms with Crippen molar-refractivity contribution in [1.82, 2.24) is 5.32 Å². The second-order valence-corrected chi connectivity index (χ2v) is 6.00. The quantitative estimate of drug-likeness (QED) is 0.806. The number of benzene rings is 1. The molecule has 1 N–H and O–H groups in total. The highest BCUT2D eigenvalue weighted by atomic mass is 14.9. The van der Waals surface area contributed by atoms with Gasteiger partial charge in [-0.05, 0) is 49.3 Å². The molecule has 0 amide bonds. The summed E-state index contributed by atoms with van der Waals surface area (Å²) in [6, 6.07) is 4.55. The van der Waals surface area contributed by atoms with Crippen LogP contribution in [0.25, 0.3) is 0 Å². The summed E-state index contributed by atoms with van der Waals surface area (Å²) in [6.07, 6.45) is 1.21. The summed E-state index contributed by atoms with van der Waals surface area (Å²) in [7, 11) is 0. The molecule has 1 aromatic rings. The van der Waals surface area contributed by atoms with Crippen LogP contribution in [0.1, 0.15) is 49.4 Å². The Balaban J connectivity index is 2.64. The molecule has 17 heavy (non-hydrogen) atoms. The predicted molar refractivity (Wildman–Crippen MR) is 76.4 cm³/mol. The molecule has 0 heterocycles. The first kappa shape index (κ1) is 14.2. The third kappa shape index (κ3) is 4.16. The molecule has 0 spiro atoms. The summed E-state index contributed by atoms with van der Waals surface area (Å²) >= 11 is 0. The van der Waals surface area contributed by atoms with Crippen molar-refractivity contribution in [1.29, 1.82) is 0 Å². The van der Waals surface area contributed by atoms with E-state index in [9.17, 15) is 0 Å². The lowest BCUT2D eigenvalue weighted by Crippen LogP contribution is -2.28. The number of aryl methyl sites for hydroxylation is 3. The summed E-state index contributed by atoms with van der Waals surface area (Å²) < 4.78 is 0. The zero-order chi connectivity index (χ0) is 13.1. The summed E-state index contributed by atoms with van der Waals surface area (Å²) in [4.78, 5) is 0. The second kappa shape index (κ2) is 5.68. The first-order valence-corrected chi connectivity index (χ1v) is 6.63. The molecule has 0 aliphatic heterocycles. The fourth-order valence-corrected chi connectivity index (χ4v) is 2.14. The molecule has 1 aromatic carbocycles. The molecule has 0 aliphatic rings. The average Bonchev–Trinajstić information content (AvgIpc) is 2.22. The van der Waals surface area contributed by atoms with Crippen molar-refractivity contribution in [2.24, 2.45) is 5.41 Å². The Kier molecular flexibility index (Phi) is 4.76. The monoisotopic (exact) mass is 233 g/mol. The Labute approximate surface area is 107 Å². The van der Waals surface area contributed by atoms with Crippen LogP contribution in [0.15, 0.2) is 12.1 Å². The number of hydrogen-bond acceptors (Lipinski definition) is 1. The van der Waals surface area contributed by atoms with Gasteiger partial charge in [0.05, 0.1) is 0 Å². The van der Waals surface area contributed by atoms with Crippen molar-refractivity contribution in [2.75, 3.05) is 6.54 Å². The van der Waals surface area contributed by atoms with Crippen LogP contribution in [0.5, 0.6) is 0 Å². The summed E-state index contributed by atoms with van der Waals surface area (Å²) in [5.41, 5.74) is 6.03. The fourth-order valence-electron chi connectivity index (χ4n) is 2.14. The van der Waals surface area contributed by atoms with Crippen LogP contribution < -0.4 is 5.32 Å². The maximum absolute atomic E-state index is 3.59. The SMILES string of the molecule is CCC(C)(C)CNCc1c(C)cc(C)cc1C. The van der Waals surface area contributed by atoms with Gasteiger partial charge in [-0.15, -0.1) is 0 Å². The predicted octanol–water partition coefficient (Wildman–Crippen LogP) is 4.14. The summed E-state index contributed by atoms with van der Waals surface area (Å²) in [5, 5.41) is 3.59. The third-order valence-electron chi connectivity index (χ3n) is 3.70. The molecule has 0 aromatic heterocycles. The highest BCUT2D eigenvalue weighted by molar-refractivity contribution is 5.37. The van der Waals surface area contributed by atoms with Gasteiger partial charge in [0, 0.05) is 13.1 Å². The molecule has 0 saturated carbocycles. The first-order chi connectivity index (χ1) is 7.85. The molecule has 1 rings (SSSR count). The van der Waals surface area contributed by atoms with Gasteiger partial charge in [0.15, 0.2) is 0 Å². The minimum absolute atomic E-state index is 0.395. The third-order valence-corrected chi connectivity index (χ3v) is 3.70. The van der Waals surface area contributed by atoms with E-state index < -0.39 is 0 Å². The minimum atomic E-state index is 0.395. The minimum Gasteiger partial charge on any atom is -0.312 e. The van der Waals surface area contributed by atoms with E-state index >= 15 is 0 Å². The van der Waals surface area contributed by atoms with Gasteiger partial charge in [-0.1, -0.05) is 38.5 Å². The van der Waals surface area contributed by atoms with E-state index in [0.29, 0.717) is 5.41 Å². The number of hydrogen-bond donors (Lipinski definition) is 1. The van der Waals surface area contributed by atoms with Crippen LogP contribution in [0.3, 0.4) is 0 Å². The van der Waals surface area contributed by atoms with E-state index in [4.69, 9.17) is 0 Å². The molecule has 0 fully saturated rings.